The summed E-state index contributed by atoms with van der Waals surface area (Å²) in [5.74, 6) is -2.65. The molecule has 2 heterocycles. The van der Waals surface area contributed by atoms with Crippen molar-refractivity contribution < 1.29 is 19.8 Å². The van der Waals surface area contributed by atoms with Crippen LogP contribution in [0, 0.1) is 0 Å². The molecule has 0 N–H and O–H groups in total. The maximum Gasteiger partial charge on any atom is 2.00 e. The summed E-state index contributed by atoms with van der Waals surface area (Å²) in [6.07, 6.45) is 0. The van der Waals surface area contributed by atoms with E-state index in [4.69, 9.17) is 46.4 Å². The smallest absolute Gasteiger partial charge is 0.545 e. The second-order valence-electron chi connectivity index (χ2n) is 3.58. The molecule has 0 aliphatic carbocycles. The number of carboxylic acid groups (broad SMARTS) is 2. The fourth-order valence-corrected chi connectivity index (χ4v) is 2.09. The first kappa shape index (κ1) is 22.2. The molecule has 0 amide bonds. The molecule has 11 heteroatoms. The van der Waals surface area contributed by atoms with Gasteiger partial charge in [-0.1, -0.05) is 46.4 Å². The minimum atomic E-state index is -1.32. The Kier molecular flexibility index (Phi) is 9.75. The van der Waals surface area contributed by atoms with Crippen LogP contribution in [0.15, 0.2) is 24.3 Å². The number of nitrogens with zero attached hydrogens (tertiary/aromatic N) is 2. The van der Waals surface area contributed by atoms with Gasteiger partial charge in [0.1, 0.15) is 20.6 Å². The third-order valence-electron chi connectivity index (χ3n) is 2.00. The average molecular weight is 406 g/mol. The van der Waals surface area contributed by atoms with Gasteiger partial charge in [0, 0.05) is 11.1 Å². The van der Waals surface area contributed by atoms with Crippen molar-refractivity contribution in [3.8, 4) is 0 Å². The Labute approximate surface area is 166 Å². The van der Waals surface area contributed by atoms with Crippen molar-refractivity contribution >= 4 is 81.4 Å². The number of aromatic carboxylic acids is 2. The summed E-state index contributed by atoms with van der Waals surface area (Å²) in [7, 11) is 0. The molecule has 0 bridgehead atoms. The topological polar surface area (TPSA) is 106 Å². The second kappa shape index (κ2) is 10.1. The first-order chi connectivity index (χ1) is 10.2. The van der Waals surface area contributed by atoms with E-state index >= 15 is 0 Å². The van der Waals surface area contributed by atoms with Crippen LogP contribution in [0.1, 0.15) is 20.7 Å². The van der Waals surface area contributed by atoms with Gasteiger partial charge in [0.05, 0.1) is 11.9 Å². The molecular weight excluding hydrogens is 402 g/mol. The molecule has 2 aromatic heterocycles. The Balaban J connectivity index is 0.000000403. The van der Waals surface area contributed by atoms with Crippen LogP contribution in [0.2, 0.25) is 20.6 Å². The minimum Gasteiger partial charge on any atom is -0.545 e. The first-order valence-electron chi connectivity index (χ1n) is 5.28. The Morgan fingerprint density at radius 1 is 0.696 bits per heavy atom. The van der Waals surface area contributed by atoms with Crippen LogP contribution in [0.5, 0.6) is 0 Å². The molecule has 23 heavy (non-hydrogen) atoms. The van der Waals surface area contributed by atoms with Gasteiger partial charge in [0.15, 0.2) is 0 Å². The molecule has 0 aromatic carbocycles. The molecule has 0 aliphatic rings. The molecule has 0 atom stereocenters. The fraction of sp³-hybridized carbons (Fsp3) is 0. The zero-order chi connectivity index (χ0) is 16.9. The average Bonchev–Trinajstić information content (AvgIpc) is 2.37. The molecule has 0 saturated carbocycles. The fourth-order valence-electron chi connectivity index (χ4n) is 1.17. The van der Waals surface area contributed by atoms with Gasteiger partial charge in [-0.3, -0.25) is 0 Å². The first-order valence-corrected chi connectivity index (χ1v) is 6.79. The normalized spacial score (nSPS) is 9.22. The Bertz CT molecular complexity index is 628. The van der Waals surface area contributed by atoms with Crippen LogP contribution in [-0.4, -0.2) is 45.0 Å². The van der Waals surface area contributed by atoms with Crippen LogP contribution < -0.4 is 10.2 Å². The van der Waals surface area contributed by atoms with Crippen molar-refractivity contribution in [3.63, 3.8) is 0 Å². The van der Waals surface area contributed by atoms with Gasteiger partial charge in [-0.25, -0.2) is 9.97 Å². The molecule has 2 rings (SSSR count). The number of carbonyl (C=O) groups is 2. The van der Waals surface area contributed by atoms with Gasteiger partial charge >= 0.3 is 23.1 Å². The zero-order valence-electron chi connectivity index (χ0n) is 11.1. The maximum atomic E-state index is 10.2. The molecule has 0 fully saturated rings. The van der Waals surface area contributed by atoms with Crippen LogP contribution in [0.25, 0.3) is 0 Å². The summed E-state index contributed by atoms with van der Waals surface area (Å²) in [4.78, 5) is 27.6. The third-order valence-corrected chi connectivity index (χ3v) is 2.77. The van der Waals surface area contributed by atoms with Crippen LogP contribution in [0.3, 0.4) is 0 Å². The number of hydrogen-bond donors (Lipinski definition) is 0. The molecule has 116 valence electrons. The van der Waals surface area contributed by atoms with E-state index in [0.29, 0.717) is 0 Å². The summed E-state index contributed by atoms with van der Waals surface area (Å²) < 4.78 is 0. The van der Waals surface area contributed by atoms with E-state index in [-0.39, 0.29) is 54.8 Å². The number of aromatic nitrogens is 2. The zero-order valence-corrected chi connectivity index (χ0v) is 15.5. The quantitative estimate of drug-likeness (QED) is 0.547. The van der Waals surface area contributed by atoms with E-state index in [0.717, 1.165) is 0 Å². The molecular formula is C12H4Cl4MgN2O4. The molecule has 2 aromatic rings. The summed E-state index contributed by atoms with van der Waals surface area (Å²) >= 11 is 21.6. The van der Waals surface area contributed by atoms with Crippen molar-refractivity contribution in [1.29, 1.82) is 0 Å². The summed E-state index contributed by atoms with van der Waals surface area (Å²) in [6, 6.07) is 4.68. The predicted molar refractivity (Wildman–Crippen MR) is 82.9 cm³/mol. The van der Waals surface area contributed by atoms with Gasteiger partial charge in [0.25, 0.3) is 0 Å². The molecule has 0 saturated heterocycles. The number of halogens is 4. The van der Waals surface area contributed by atoms with Crippen LogP contribution in [-0.2, 0) is 0 Å². The van der Waals surface area contributed by atoms with Crippen molar-refractivity contribution in [2.45, 2.75) is 0 Å². The summed E-state index contributed by atoms with van der Waals surface area (Å²) in [5, 5.41) is 20.7. The van der Waals surface area contributed by atoms with Gasteiger partial charge in [-0.2, -0.15) is 0 Å². The maximum absolute atomic E-state index is 10.2. The molecule has 0 spiro atoms. The Hall–Kier alpha value is -0.834. The van der Waals surface area contributed by atoms with E-state index in [1.54, 1.807) is 0 Å². The minimum absolute atomic E-state index is 0. The Morgan fingerprint density at radius 2 is 0.913 bits per heavy atom. The van der Waals surface area contributed by atoms with E-state index in [9.17, 15) is 19.8 Å². The summed E-state index contributed by atoms with van der Waals surface area (Å²) in [5.41, 5.74) is -0.148. The van der Waals surface area contributed by atoms with Crippen LogP contribution >= 0.6 is 46.4 Å². The van der Waals surface area contributed by atoms with Gasteiger partial charge in [-0.15, -0.1) is 0 Å². The number of hydrogen-bond acceptors (Lipinski definition) is 6. The second-order valence-corrected chi connectivity index (χ2v) is 5.13. The Morgan fingerprint density at radius 3 is 1.09 bits per heavy atom. The van der Waals surface area contributed by atoms with Crippen molar-refractivity contribution in [2.24, 2.45) is 0 Å². The van der Waals surface area contributed by atoms with Crippen molar-refractivity contribution in [2.75, 3.05) is 0 Å². The number of carbonyl (C=O) groups excluding carboxylic acids is 2. The van der Waals surface area contributed by atoms with E-state index in [1.165, 1.54) is 24.3 Å². The van der Waals surface area contributed by atoms with Crippen molar-refractivity contribution in [1.82, 2.24) is 9.97 Å². The number of pyridine rings is 2. The monoisotopic (exact) mass is 404 g/mol. The molecule has 6 nitrogen and oxygen atoms in total. The van der Waals surface area contributed by atoms with Crippen molar-refractivity contribution in [3.05, 3.63) is 56.0 Å². The predicted octanol–water partition coefficient (Wildman–Crippen LogP) is 1.12. The van der Waals surface area contributed by atoms with E-state index in [1.807, 2.05) is 0 Å². The van der Waals surface area contributed by atoms with Gasteiger partial charge in [0.2, 0.25) is 0 Å². The van der Waals surface area contributed by atoms with E-state index in [2.05, 4.69) is 9.97 Å². The standard InChI is InChI=1S/2C6H3Cl2NO2.Mg/c2*7-4-1-3(6(10)11)2-5(8)9-4;/h2*1-2H,(H,10,11);/q;;+2/p-2. The summed E-state index contributed by atoms with van der Waals surface area (Å²) in [6.45, 7) is 0. The number of rotatable bonds is 2. The largest absolute Gasteiger partial charge is 2.00 e. The molecule has 0 aliphatic heterocycles. The number of carboxylic acids is 2. The van der Waals surface area contributed by atoms with Gasteiger partial charge in [-0.05, 0) is 24.3 Å². The SMILES string of the molecule is O=C([O-])c1cc(Cl)nc(Cl)c1.O=C([O-])c1cc(Cl)nc(Cl)c1.[Mg+2]. The molecule has 0 unspecified atom stereocenters. The molecule has 0 radical (unpaired) electrons. The third kappa shape index (κ3) is 8.00. The van der Waals surface area contributed by atoms with Crippen LogP contribution in [0.4, 0.5) is 0 Å². The van der Waals surface area contributed by atoms with E-state index < -0.39 is 11.9 Å². The van der Waals surface area contributed by atoms with Gasteiger partial charge < -0.3 is 19.8 Å².